The van der Waals surface area contributed by atoms with Crippen LogP contribution in [0.15, 0.2) is 48.5 Å². The van der Waals surface area contributed by atoms with E-state index >= 15 is 0 Å². The molecule has 3 aromatic rings. The number of carbonyl (C=O) groups is 2. The molecule has 11 nitrogen and oxygen atoms in total. The highest BCUT2D eigenvalue weighted by atomic mass is 16.5. The zero-order valence-corrected chi connectivity index (χ0v) is 22.5. The highest BCUT2D eigenvalue weighted by Gasteiger charge is 2.28. The fourth-order valence-electron chi connectivity index (χ4n) is 4.09. The van der Waals surface area contributed by atoms with Crippen molar-refractivity contribution in [2.45, 2.75) is 24.9 Å². The minimum atomic E-state index is -0.371. The van der Waals surface area contributed by atoms with Crippen LogP contribution in [0.5, 0.6) is 11.5 Å². The van der Waals surface area contributed by atoms with E-state index in [-0.39, 0.29) is 35.3 Å². The third-order valence-corrected chi connectivity index (χ3v) is 6.42. The maximum atomic E-state index is 13.5. The van der Waals surface area contributed by atoms with Gasteiger partial charge in [0.1, 0.15) is 22.9 Å². The number of nitrogens with one attached hydrogen (secondary N) is 3. The molecule has 0 bridgehead atoms. The Bertz CT molecular complexity index is 1130. The van der Waals surface area contributed by atoms with Crippen molar-refractivity contribution in [1.82, 2.24) is 15.6 Å². The predicted octanol–water partition coefficient (Wildman–Crippen LogP) is 1.18. The van der Waals surface area contributed by atoms with Crippen molar-refractivity contribution in [2.75, 3.05) is 40.4 Å². The molecule has 39 heavy (non-hydrogen) atoms. The van der Waals surface area contributed by atoms with Gasteiger partial charge in [0.2, 0.25) is 0 Å². The lowest BCUT2D eigenvalue weighted by Crippen LogP contribution is -2.35. The molecule has 0 aliphatic carbocycles. The fourth-order valence-corrected chi connectivity index (χ4v) is 4.09. The molecule has 2 atom stereocenters. The first-order valence-electron chi connectivity index (χ1n) is 12.8. The van der Waals surface area contributed by atoms with Crippen LogP contribution in [0.1, 0.15) is 33.8 Å². The van der Waals surface area contributed by atoms with Gasteiger partial charge in [-0.25, -0.2) is 0 Å². The molecule has 0 radical (unpaired) electrons. The summed E-state index contributed by atoms with van der Waals surface area (Å²) in [6, 6.07) is 14.1. The number of rotatable bonds is 14. The van der Waals surface area contributed by atoms with Gasteiger partial charge < -0.3 is 48.0 Å². The molecule has 2 amide bonds. The quantitative estimate of drug-likeness (QED) is 0.159. The highest BCUT2D eigenvalue weighted by molar-refractivity contribution is 6.11. The molecule has 3 rings (SSSR count). The molecule has 2 unspecified atom stereocenters. The van der Waals surface area contributed by atoms with Crippen LogP contribution in [0, 0.1) is 0 Å². The van der Waals surface area contributed by atoms with Crippen LogP contribution in [0.3, 0.4) is 0 Å². The Morgan fingerprint density at radius 1 is 0.718 bits per heavy atom. The van der Waals surface area contributed by atoms with E-state index < -0.39 is 0 Å². The number of nitrogens with two attached hydrogens (primary N) is 4. The summed E-state index contributed by atoms with van der Waals surface area (Å²) in [6.45, 7) is 1.29. The lowest BCUT2D eigenvalue weighted by Gasteiger charge is -2.13. The summed E-state index contributed by atoms with van der Waals surface area (Å²) in [7, 11) is 3.16. The van der Waals surface area contributed by atoms with Crippen molar-refractivity contribution in [2.24, 2.45) is 22.9 Å². The fraction of sp³-hybridized carbons (Fsp3) is 0.357. The molecular formula is C28H39N7O4. The van der Waals surface area contributed by atoms with E-state index in [0.717, 1.165) is 11.1 Å². The molecule has 11 N–H and O–H groups in total. The Hall–Kier alpha value is -3.90. The minimum absolute atomic E-state index is 0.230. The smallest absolute Gasteiger partial charge is 0.268 e. The number of aromatic nitrogens is 1. The van der Waals surface area contributed by atoms with Crippen LogP contribution in [0.25, 0.3) is 22.3 Å². The van der Waals surface area contributed by atoms with Crippen LogP contribution in [-0.2, 0) is 0 Å². The molecule has 1 heterocycles. The summed E-state index contributed by atoms with van der Waals surface area (Å²) in [5.41, 5.74) is 26.2. The van der Waals surface area contributed by atoms with Crippen molar-refractivity contribution in [3.05, 3.63) is 59.9 Å². The predicted molar refractivity (Wildman–Crippen MR) is 153 cm³/mol. The molecule has 0 fully saturated rings. The third-order valence-electron chi connectivity index (χ3n) is 6.42. The number of hydrogen-bond donors (Lipinski definition) is 7. The Balaban J connectivity index is 2.13. The number of H-pyrrole nitrogens is 1. The van der Waals surface area contributed by atoms with Crippen molar-refractivity contribution in [3.8, 4) is 33.8 Å². The molecular weight excluding hydrogens is 498 g/mol. The van der Waals surface area contributed by atoms with E-state index in [1.807, 2.05) is 24.3 Å². The maximum Gasteiger partial charge on any atom is 0.268 e. The molecule has 0 saturated carbocycles. The summed E-state index contributed by atoms with van der Waals surface area (Å²) in [5.74, 6) is 0.584. The number of ether oxygens (including phenoxy) is 2. The standard InChI is InChI=1S/C28H39N7O4/c1-38-21-7-3-17(4-8-21)23-24(18-5-9-22(39-2)10-6-18)26(28(37)34-14-12-20(32)16-30)35-25(23)27(36)33-13-11-19(31)15-29/h3-10,19-20,35H,11-16,29-32H2,1-2H3,(H,33,36)(H,34,37). The topological polar surface area (TPSA) is 197 Å². The summed E-state index contributed by atoms with van der Waals surface area (Å²) in [5, 5.41) is 5.80. The average Bonchev–Trinajstić information content (AvgIpc) is 3.37. The largest absolute Gasteiger partial charge is 0.497 e. The Kier molecular flexibility index (Phi) is 10.9. The van der Waals surface area contributed by atoms with Gasteiger partial charge in [-0.2, -0.15) is 0 Å². The van der Waals surface area contributed by atoms with Crippen LogP contribution < -0.4 is 43.0 Å². The van der Waals surface area contributed by atoms with E-state index in [9.17, 15) is 9.59 Å². The molecule has 0 spiro atoms. The van der Waals surface area contributed by atoms with Gasteiger partial charge in [0.15, 0.2) is 0 Å². The van der Waals surface area contributed by atoms with E-state index in [1.54, 1.807) is 38.5 Å². The molecule has 2 aromatic carbocycles. The summed E-state index contributed by atoms with van der Waals surface area (Å²) >= 11 is 0. The van der Waals surface area contributed by atoms with Crippen LogP contribution in [0.2, 0.25) is 0 Å². The summed E-state index contributed by atoms with van der Waals surface area (Å²) in [6.07, 6.45) is 1.03. The number of hydrogen-bond acceptors (Lipinski definition) is 8. The van der Waals surface area contributed by atoms with Gasteiger partial charge in [-0.3, -0.25) is 9.59 Å². The average molecular weight is 538 g/mol. The molecule has 11 heteroatoms. The van der Waals surface area contributed by atoms with Crippen LogP contribution in [0.4, 0.5) is 0 Å². The van der Waals surface area contributed by atoms with Crippen molar-refractivity contribution in [3.63, 3.8) is 0 Å². The van der Waals surface area contributed by atoms with Crippen molar-refractivity contribution >= 4 is 11.8 Å². The monoisotopic (exact) mass is 537 g/mol. The zero-order chi connectivity index (χ0) is 28.4. The van der Waals surface area contributed by atoms with Crippen LogP contribution in [-0.4, -0.2) is 69.3 Å². The Labute approximate surface area is 228 Å². The van der Waals surface area contributed by atoms with E-state index in [2.05, 4.69) is 15.6 Å². The third kappa shape index (κ3) is 7.58. The van der Waals surface area contributed by atoms with Gasteiger partial charge in [-0.05, 0) is 48.2 Å². The van der Waals surface area contributed by atoms with Gasteiger partial charge in [0.25, 0.3) is 11.8 Å². The second-order valence-electron chi connectivity index (χ2n) is 9.16. The lowest BCUT2D eigenvalue weighted by molar-refractivity contribution is 0.0947. The number of carbonyl (C=O) groups excluding carboxylic acids is 2. The minimum Gasteiger partial charge on any atom is -0.497 e. The Morgan fingerprint density at radius 3 is 1.38 bits per heavy atom. The number of methoxy groups -OCH3 is 2. The number of benzene rings is 2. The van der Waals surface area contributed by atoms with E-state index in [4.69, 9.17) is 32.4 Å². The molecule has 210 valence electrons. The van der Waals surface area contributed by atoms with Gasteiger partial charge in [-0.15, -0.1) is 0 Å². The number of aromatic amines is 1. The molecule has 1 aromatic heterocycles. The number of amides is 2. The first kappa shape index (κ1) is 29.7. The molecule has 0 saturated heterocycles. The normalized spacial score (nSPS) is 12.5. The van der Waals surface area contributed by atoms with Crippen LogP contribution >= 0.6 is 0 Å². The van der Waals surface area contributed by atoms with Crippen molar-refractivity contribution in [1.29, 1.82) is 0 Å². The Morgan fingerprint density at radius 2 is 1.08 bits per heavy atom. The summed E-state index contributed by atoms with van der Waals surface area (Å²) in [4.78, 5) is 30.1. The van der Waals surface area contributed by atoms with E-state index in [0.29, 0.717) is 61.6 Å². The second-order valence-corrected chi connectivity index (χ2v) is 9.16. The maximum absolute atomic E-state index is 13.5. The first-order valence-corrected chi connectivity index (χ1v) is 12.8. The van der Waals surface area contributed by atoms with Gasteiger partial charge in [0, 0.05) is 49.4 Å². The summed E-state index contributed by atoms with van der Waals surface area (Å²) < 4.78 is 10.6. The first-order chi connectivity index (χ1) is 18.8. The highest BCUT2D eigenvalue weighted by Crippen LogP contribution is 2.39. The van der Waals surface area contributed by atoms with Gasteiger partial charge in [-0.1, -0.05) is 24.3 Å². The van der Waals surface area contributed by atoms with E-state index in [1.165, 1.54) is 0 Å². The lowest BCUT2D eigenvalue weighted by atomic mass is 9.94. The molecule has 0 aliphatic rings. The van der Waals surface area contributed by atoms with Crippen molar-refractivity contribution < 1.29 is 19.1 Å². The van der Waals surface area contributed by atoms with Gasteiger partial charge >= 0.3 is 0 Å². The SMILES string of the molecule is COc1ccc(-c2c(C(=O)NCCC(N)CN)[nH]c(C(=O)NCCC(N)CN)c2-c2ccc(OC)cc2)cc1. The second kappa shape index (κ2) is 14.3. The zero-order valence-electron chi connectivity index (χ0n) is 22.5. The molecule has 0 aliphatic heterocycles. The van der Waals surface area contributed by atoms with Gasteiger partial charge in [0.05, 0.1) is 14.2 Å².